The Bertz CT molecular complexity index is 1180. The summed E-state index contributed by atoms with van der Waals surface area (Å²) in [5.41, 5.74) is -1.22. The largest absolute Gasteiger partial charge is 0.504 e. The molecule has 0 atom stereocenters. The van der Waals surface area contributed by atoms with Gasteiger partial charge < -0.3 is 9.84 Å². The Morgan fingerprint density at radius 1 is 1.20 bits per heavy atom. The van der Waals surface area contributed by atoms with E-state index in [-0.39, 0.29) is 41.5 Å². The summed E-state index contributed by atoms with van der Waals surface area (Å²) in [5, 5.41) is 20.0. The highest BCUT2D eigenvalue weighted by Gasteiger charge is 2.24. The second-order valence-electron chi connectivity index (χ2n) is 6.20. The second kappa shape index (κ2) is 8.61. The Kier molecular flexibility index (Phi) is 5.97. The monoisotopic (exact) mass is 411 g/mol. The van der Waals surface area contributed by atoms with Crippen molar-refractivity contribution in [3.05, 3.63) is 53.5 Å². The third-order valence-corrected chi connectivity index (χ3v) is 4.35. The maximum Gasteiger partial charge on any atom is 0.306 e. The number of Topliss-reactive ketones (excluding diaryl/α,β-unsaturated/α-hetero) is 1. The number of hydrogen-bond donors (Lipinski definition) is 1. The number of fused-ring (bicyclic) bond motifs is 1. The lowest BCUT2D eigenvalue weighted by molar-refractivity contribution is -0.143. The van der Waals surface area contributed by atoms with Crippen LogP contribution in [0.2, 0.25) is 0 Å². The van der Waals surface area contributed by atoms with Crippen molar-refractivity contribution in [2.75, 3.05) is 6.61 Å². The summed E-state index contributed by atoms with van der Waals surface area (Å²) in [4.78, 5) is 31.6. The smallest absolute Gasteiger partial charge is 0.306 e. The molecule has 3 rings (SSSR count). The maximum atomic E-state index is 14.3. The van der Waals surface area contributed by atoms with Gasteiger partial charge in [0.25, 0.3) is 0 Å². The summed E-state index contributed by atoms with van der Waals surface area (Å²) in [6, 6.07) is 6.05. The molecule has 3 aromatic rings. The van der Waals surface area contributed by atoms with E-state index in [4.69, 9.17) is 4.74 Å². The van der Waals surface area contributed by atoms with Crippen molar-refractivity contribution >= 4 is 22.7 Å². The highest BCUT2D eigenvalue weighted by atomic mass is 19.1. The first-order valence-electron chi connectivity index (χ1n) is 8.93. The zero-order valence-electron chi connectivity index (χ0n) is 15.8. The third-order valence-electron chi connectivity index (χ3n) is 4.35. The van der Waals surface area contributed by atoms with E-state index < -0.39 is 40.4 Å². The minimum absolute atomic E-state index is 0.0131. The van der Waals surface area contributed by atoms with Crippen molar-refractivity contribution in [2.24, 2.45) is 0 Å². The number of pyridine rings is 2. The molecule has 0 aliphatic heterocycles. The Labute approximate surface area is 169 Å². The molecule has 0 saturated heterocycles. The number of benzene rings is 1. The predicted octanol–water partition coefficient (Wildman–Crippen LogP) is 3.68. The van der Waals surface area contributed by atoms with Gasteiger partial charge in [-0.2, -0.15) is 5.26 Å². The molecule has 7 nitrogen and oxygen atoms in total. The summed E-state index contributed by atoms with van der Waals surface area (Å²) in [6.45, 7) is 1.77. The van der Waals surface area contributed by atoms with Gasteiger partial charge in [-0.1, -0.05) is 18.2 Å². The van der Waals surface area contributed by atoms with Gasteiger partial charge in [-0.15, -0.1) is 0 Å². The van der Waals surface area contributed by atoms with Gasteiger partial charge >= 0.3 is 5.97 Å². The lowest BCUT2D eigenvalue weighted by atomic mass is 9.97. The molecule has 152 valence electrons. The highest BCUT2D eigenvalue weighted by molar-refractivity contribution is 6.05. The van der Waals surface area contributed by atoms with Crippen molar-refractivity contribution in [3.8, 4) is 22.9 Å². The summed E-state index contributed by atoms with van der Waals surface area (Å²) < 4.78 is 33.4. The number of rotatable bonds is 6. The first-order chi connectivity index (χ1) is 14.4. The number of ether oxygens (including phenoxy) is 1. The van der Waals surface area contributed by atoms with Gasteiger partial charge in [0.1, 0.15) is 17.3 Å². The highest BCUT2D eigenvalue weighted by Crippen LogP contribution is 2.36. The Morgan fingerprint density at radius 3 is 2.53 bits per heavy atom. The normalized spacial score (nSPS) is 10.6. The van der Waals surface area contributed by atoms with Crippen molar-refractivity contribution in [2.45, 2.75) is 19.8 Å². The molecular formula is C21H15F2N3O4. The van der Waals surface area contributed by atoms with Crippen LogP contribution >= 0.6 is 0 Å². The molecule has 0 saturated carbocycles. The molecule has 0 bridgehead atoms. The molecule has 2 heterocycles. The number of esters is 1. The minimum Gasteiger partial charge on any atom is -0.504 e. The van der Waals surface area contributed by atoms with Crippen molar-refractivity contribution in [3.63, 3.8) is 0 Å². The van der Waals surface area contributed by atoms with E-state index in [0.717, 1.165) is 12.4 Å². The molecule has 0 spiro atoms. The van der Waals surface area contributed by atoms with Crippen LogP contribution in [0.1, 0.15) is 35.8 Å². The van der Waals surface area contributed by atoms with Gasteiger partial charge in [-0.05, 0) is 6.92 Å². The molecule has 1 N–H and O–H groups in total. The summed E-state index contributed by atoms with van der Waals surface area (Å²) in [7, 11) is 0. The van der Waals surface area contributed by atoms with Crippen molar-refractivity contribution < 1.29 is 28.2 Å². The third kappa shape index (κ3) is 3.80. The molecular weight excluding hydrogens is 396 g/mol. The van der Waals surface area contributed by atoms with Crippen LogP contribution in [0.25, 0.3) is 22.0 Å². The molecule has 0 unspecified atom stereocenters. The maximum absolute atomic E-state index is 14.3. The molecule has 9 heteroatoms. The zero-order chi connectivity index (χ0) is 21.8. The number of halogens is 2. The molecule has 0 radical (unpaired) electrons. The van der Waals surface area contributed by atoms with Gasteiger partial charge in [0, 0.05) is 17.4 Å². The van der Waals surface area contributed by atoms with E-state index in [0.29, 0.717) is 0 Å². The van der Waals surface area contributed by atoms with E-state index in [1.54, 1.807) is 13.0 Å². The predicted molar refractivity (Wildman–Crippen MR) is 101 cm³/mol. The average Bonchev–Trinajstić information content (AvgIpc) is 2.72. The van der Waals surface area contributed by atoms with Gasteiger partial charge in [0.05, 0.1) is 36.5 Å². The van der Waals surface area contributed by atoms with E-state index >= 15 is 0 Å². The molecule has 0 fully saturated rings. The van der Waals surface area contributed by atoms with Crippen LogP contribution in [-0.4, -0.2) is 33.4 Å². The summed E-state index contributed by atoms with van der Waals surface area (Å²) in [5.74, 6) is -3.89. The van der Waals surface area contributed by atoms with Crippen LogP contribution in [0.5, 0.6) is 5.75 Å². The Morgan fingerprint density at radius 2 is 1.90 bits per heavy atom. The number of nitrogens with zero attached hydrogens (tertiary/aromatic N) is 3. The lowest BCUT2D eigenvalue weighted by Crippen LogP contribution is -2.10. The molecule has 0 amide bonds. The Balaban J connectivity index is 2.19. The molecule has 1 aromatic carbocycles. The van der Waals surface area contributed by atoms with E-state index in [1.165, 1.54) is 18.2 Å². The first-order valence-corrected chi connectivity index (χ1v) is 8.93. The molecule has 2 aromatic heterocycles. The SMILES string of the molecule is CCOC(=O)CCC(=O)c1nc2c(-c3c(F)cncc3F)cccc2c(C#N)c1O. The van der Waals surface area contributed by atoms with Crippen molar-refractivity contribution in [1.29, 1.82) is 5.26 Å². The molecule has 30 heavy (non-hydrogen) atoms. The van der Waals surface area contributed by atoms with Crippen LogP contribution in [0, 0.1) is 23.0 Å². The zero-order valence-corrected chi connectivity index (χ0v) is 15.8. The number of ketones is 1. The Hall–Kier alpha value is -3.93. The number of carbonyl (C=O) groups is 2. The summed E-state index contributed by atoms with van der Waals surface area (Å²) >= 11 is 0. The van der Waals surface area contributed by atoms with E-state index in [9.17, 15) is 28.7 Å². The minimum atomic E-state index is -0.953. The number of aromatic hydroxyl groups is 1. The number of para-hydroxylation sites is 1. The van der Waals surface area contributed by atoms with Crippen LogP contribution in [-0.2, 0) is 9.53 Å². The average molecular weight is 411 g/mol. The van der Waals surface area contributed by atoms with Gasteiger partial charge in [-0.25, -0.2) is 13.8 Å². The number of aromatic nitrogens is 2. The number of nitriles is 1. The topological polar surface area (TPSA) is 113 Å². The quantitative estimate of drug-likeness (QED) is 0.486. The standard InChI is InChI=1S/C21H15F2N3O4/c1-2-30-17(28)7-6-16(27)20-21(29)13(8-24)11-4-3-5-12(19(11)26-20)18-14(22)9-25-10-15(18)23/h3-5,9-10,29H,2,6-7H2,1H3. The summed E-state index contributed by atoms with van der Waals surface area (Å²) in [6.07, 6.45) is 1.08. The molecule has 0 aliphatic rings. The number of carbonyl (C=O) groups excluding carboxylic acids is 2. The first kappa shape index (κ1) is 20.8. The van der Waals surface area contributed by atoms with Crippen LogP contribution in [0.15, 0.2) is 30.6 Å². The van der Waals surface area contributed by atoms with Crippen LogP contribution in [0.4, 0.5) is 8.78 Å². The molecule has 0 aliphatic carbocycles. The van der Waals surface area contributed by atoms with Crippen LogP contribution < -0.4 is 0 Å². The number of hydrogen-bond acceptors (Lipinski definition) is 7. The fourth-order valence-electron chi connectivity index (χ4n) is 3.02. The van der Waals surface area contributed by atoms with Crippen LogP contribution in [0.3, 0.4) is 0 Å². The van der Waals surface area contributed by atoms with Gasteiger partial charge in [-0.3, -0.25) is 14.6 Å². The fourth-order valence-corrected chi connectivity index (χ4v) is 3.02. The van der Waals surface area contributed by atoms with Gasteiger partial charge in [0.2, 0.25) is 0 Å². The fraction of sp³-hybridized carbons (Fsp3) is 0.190. The lowest BCUT2D eigenvalue weighted by Gasteiger charge is -2.12. The van der Waals surface area contributed by atoms with Crippen molar-refractivity contribution in [1.82, 2.24) is 9.97 Å². The van der Waals surface area contributed by atoms with E-state index in [2.05, 4.69) is 9.97 Å². The van der Waals surface area contributed by atoms with Gasteiger partial charge in [0.15, 0.2) is 23.2 Å². The second-order valence-corrected chi connectivity index (χ2v) is 6.20. The van der Waals surface area contributed by atoms with E-state index in [1.807, 2.05) is 0 Å².